The van der Waals surface area contributed by atoms with Crippen molar-refractivity contribution < 1.29 is 13.3 Å². The molecule has 0 amide bonds. The predicted octanol–water partition coefficient (Wildman–Crippen LogP) is 1.42. The summed E-state index contributed by atoms with van der Waals surface area (Å²) in [6.07, 6.45) is 3.75. The molecule has 5 nitrogen and oxygen atoms in total. The molecule has 0 fully saturated rings. The van der Waals surface area contributed by atoms with Crippen LogP contribution in [0.3, 0.4) is 0 Å². The Morgan fingerprint density at radius 3 is 2.25 bits per heavy atom. The second-order valence-corrected chi connectivity index (χ2v) is 6.76. The van der Waals surface area contributed by atoms with Gasteiger partial charge in [-0.25, -0.2) is 4.98 Å². The van der Waals surface area contributed by atoms with E-state index in [1.807, 2.05) is 6.20 Å². The van der Waals surface area contributed by atoms with Gasteiger partial charge in [0.2, 0.25) is 0 Å². The lowest BCUT2D eigenvalue weighted by Crippen LogP contribution is -2.46. The van der Waals surface area contributed by atoms with Gasteiger partial charge in [-0.05, 0) is 13.8 Å². The Morgan fingerprint density at radius 2 is 1.81 bits per heavy atom. The number of rotatable bonds is 6. The van der Waals surface area contributed by atoms with E-state index in [0.29, 0.717) is 12.1 Å². The summed E-state index contributed by atoms with van der Waals surface area (Å²) in [5.74, 6) is 0.937. The Morgan fingerprint density at radius 1 is 1.25 bits per heavy atom. The first kappa shape index (κ1) is 13.4. The highest BCUT2D eigenvalue weighted by Gasteiger charge is 2.39. The van der Waals surface area contributed by atoms with E-state index in [0.717, 1.165) is 5.82 Å². The minimum absolute atomic E-state index is 0.370. The van der Waals surface area contributed by atoms with Crippen molar-refractivity contribution in [1.29, 1.82) is 0 Å². The van der Waals surface area contributed by atoms with Crippen molar-refractivity contribution in [3.8, 4) is 0 Å². The maximum absolute atomic E-state index is 5.39. The van der Waals surface area contributed by atoms with Gasteiger partial charge in [0.15, 0.2) is 0 Å². The minimum atomic E-state index is -2.58. The average Bonchev–Trinajstić information content (AvgIpc) is 2.74. The van der Waals surface area contributed by atoms with Gasteiger partial charge in [-0.2, -0.15) is 0 Å². The largest absolute Gasteiger partial charge is 0.507 e. The van der Waals surface area contributed by atoms with Gasteiger partial charge in [0.1, 0.15) is 5.82 Å². The molecule has 0 N–H and O–H groups in total. The van der Waals surface area contributed by atoms with Gasteiger partial charge in [-0.15, -0.1) is 0 Å². The summed E-state index contributed by atoms with van der Waals surface area (Å²) in [6.45, 7) is 4.22. The Hall–Kier alpha value is -0.693. The first-order chi connectivity index (χ1) is 7.58. The molecule has 16 heavy (non-hydrogen) atoms. The van der Waals surface area contributed by atoms with Crippen LogP contribution in [0.5, 0.6) is 0 Å². The summed E-state index contributed by atoms with van der Waals surface area (Å²) in [7, 11) is 2.26. The van der Waals surface area contributed by atoms with E-state index in [2.05, 4.69) is 23.4 Å². The molecule has 6 heteroatoms. The molecule has 92 valence electrons. The summed E-state index contributed by atoms with van der Waals surface area (Å²) in [5.41, 5.74) is 0. The van der Waals surface area contributed by atoms with Crippen LogP contribution in [0, 0.1) is 0 Å². The van der Waals surface area contributed by atoms with Crippen LogP contribution in [-0.4, -0.2) is 39.7 Å². The molecule has 1 rings (SSSR count). The van der Waals surface area contributed by atoms with Crippen molar-refractivity contribution in [3.05, 3.63) is 18.2 Å². The molecule has 1 heterocycles. The second-order valence-electron chi connectivity index (χ2n) is 3.82. The first-order valence-electron chi connectivity index (χ1n) is 5.25. The van der Waals surface area contributed by atoms with Crippen LogP contribution < -0.4 is 0 Å². The van der Waals surface area contributed by atoms with E-state index < -0.39 is 8.80 Å². The van der Waals surface area contributed by atoms with E-state index in [1.165, 1.54) is 0 Å². The van der Waals surface area contributed by atoms with Crippen molar-refractivity contribution in [2.45, 2.75) is 25.9 Å². The highest BCUT2D eigenvalue weighted by molar-refractivity contribution is 6.59. The summed E-state index contributed by atoms with van der Waals surface area (Å²) in [5, 5.41) is 0. The summed E-state index contributed by atoms with van der Waals surface area (Å²) in [6, 6.07) is 0.955. The van der Waals surface area contributed by atoms with Crippen molar-refractivity contribution in [3.63, 3.8) is 0 Å². The van der Waals surface area contributed by atoms with E-state index in [9.17, 15) is 0 Å². The van der Waals surface area contributed by atoms with E-state index in [4.69, 9.17) is 13.3 Å². The SMILES string of the molecule is CO[Si](Cc1nccn1C(C)C)(OC)OC. The highest BCUT2D eigenvalue weighted by atomic mass is 28.4. The molecule has 0 saturated carbocycles. The molecule has 1 aromatic rings. The maximum Gasteiger partial charge on any atom is 0.507 e. The Balaban J connectivity index is 2.89. The first-order valence-corrected chi connectivity index (χ1v) is 7.19. The number of hydrogen-bond acceptors (Lipinski definition) is 4. The van der Waals surface area contributed by atoms with Crippen molar-refractivity contribution >= 4 is 8.80 Å². The zero-order chi connectivity index (χ0) is 12.2. The fraction of sp³-hybridized carbons (Fsp3) is 0.700. The lowest BCUT2D eigenvalue weighted by Gasteiger charge is -2.24. The normalized spacial score (nSPS) is 12.4. The van der Waals surface area contributed by atoms with Crippen LogP contribution in [0.2, 0.25) is 0 Å². The zero-order valence-electron chi connectivity index (χ0n) is 10.6. The van der Waals surface area contributed by atoms with E-state index >= 15 is 0 Å². The lowest BCUT2D eigenvalue weighted by atomic mass is 10.4. The molecule has 0 atom stereocenters. The van der Waals surface area contributed by atoms with Gasteiger partial charge < -0.3 is 17.8 Å². The van der Waals surface area contributed by atoms with Gasteiger partial charge in [0, 0.05) is 39.8 Å². The number of imidazole rings is 1. The standard InChI is InChI=1S/C10H20N2O3Si/c1-9(2)12-7-6-11-10(12)8-16(13-3,14-4)15-5/h6-7,9H,8H2,1-5H3. The number of aromatic nitrogens is 2. The third-order valence-electron chi connectivity index (χ3n) is 2.61. The molecule has 0 radical (unpaired) electrons. The molecular weight excluding hydrogens is 224 g/mol. The van der Waals surface area contributed by atoms with Gasteiger partial charge in [0.05, 0.1) is 6.04 Å². The van der Waals surface area contributed by atoms with Crippen molar-refractivity contribution in [1.82, 2.24) is 9.55 Å². The van der Waals surface area contributed by atoms with Crippen molar-refractivity contribution in [2.75, 3.05) is 21.3 Å². The Labute approximate surface area is 97.7 Å². The van der Waals surface area contributed by atoms with E-state index in [-0.39, 0.29) is 0 Å². The van der Waals surface area contributed by atoms with Crippen LogP contribution in [0.1, 0.15) is 25.7 Å². The quantitative estimate of drug-likeness (QED) is 0.710. The molecule has 0 aliphatic heterocycles. The monoisotopic (exact) mass is 244 g/mol. The minimum Gasteiger partial charge on any atom is -0.377 e. The molecule has 0 aliphatic carbocycles. The molecule has 0 unspecified atom stereocenters. The van der Waals surface area contributed by atoms with Crippen molar-refractivity contribution in [2.24, 2.45) is 0 Å². The molecule has 0 saturated heterocycles. The third-order valence-corrected chi connectivity index (χ3v) is 5.23. The Kier molecular flexibility index (Phi) is 4.66. The maximum atomic E-state index is 5.39. The number of hydrogen-bond donors (Lipinski definition) is 0. The van der Waals surface area contributed by atoms with E-state index in [1.54, 1.807) is 27.5 Å². The summed E-state index contributed by atoms with van der Waals surface area (Å²) < 4.78 is 18.3. The van der Waals surface area contributed by atoms with Crippen LogP contribution >= 0.6 is 0 Å². The second kappa shape index (κ2) is 5.58. The van der Waals surface area contributed by atoms with Crippen LogP contribution in [0.4, 0.5) is 0 Å². The topological polar surface area (TPSA) is 45.5 Å². The Bertz CT molecular complexity index is 315. The fourth-order valence-corrected chi connectivity index (χ4v) is 3.21. The zero-order valence-corrected chi connectivity index (χ0v) is 11.6. The summed E-state index contributed by atoms with van der Waals surface area (Å²) >= 11 is 0. The van der Waals surface area contributed by atoms with Gasteiger partial charge in [-0.1, -0.05) is 0 Å². The lowest BCUT2D eigenvalue weighted by molar-refractivity contribution is 0.121. The highest BCUT2D eigenvalue weighted by Crippen LogP contribution is 2.16. The third kappa shape index (κ3) is 2.70. The molecule has 0 aromatic carbocycles. The smallest absolute Gasteiger partial charge is 0.377 e. The van der Waals surface area contributed by atoms with Crippen LogP contribution in [-0.2, 0) is 19.3 Å². The molecule has 1 aromatic heterocycles. The van der Waals surface area contributed by atoms with Gasteiger partial charge in [-0.3, -0.25) is 0 Å². The van der Waals surface area contributed by atoms with Crippen LogP contribution in [0.15, 0.2) is 12.4 Å². The predicted molar refractivity (Wildman–Crippen MR) is 63.1 cm³/mol. The molecule has 0 aliphatic rings. The number of nitrogens with zero attached hydrogens (tertiary/aromatic N) is 2. The molecule has 0 spiro atoms. The van der Waals surface area contributed by atoms with Crippen LogP contribution in [0.25, 0.3) is 0 Å². The average molecular weight is 244 g/mol. The molecular formula is C10H20N2O3Si. The fourth-order valence-electron chi connectivity index (χ4n) is 1.61. The van der Waals surface area contributed by atoms with Gasteiger partial charge in [0.25, 0.3) is 0 Å². The molecule has 0 bridgehead atoms. The van der Waals surface area contributed by atoms with Gasteiger partial charge >= 0.3 is 8.80 Å². The summed E-state index contributed by atoms with van der Waals surface area (Å²) in [4.78, 5) is 4.32.